The first-order valence-electron chi connectivity index (χ1n) is 7.89. The lowest BCUT2D eigenvalue weighted by Crippen LogP contribution is -2.30. The SMILES string of the molecule is COc1ccc(CC(=O)N2CCC(c3[nH]ncc3N)C2)cc1OC. The Morgan fingerprint density at radius 2 is 2.17 bits per heavy atom. The number of aromatic amines is 1. The molecule has 0 bridgehead atoms. The second kappa shape index (κ2) is 6.82. The van der Waals surface area contributed by atoms with Gasteiger partial charge in [-0.15, -0.1) is 0 Å². The normalized spacial score (nSPS) is 17.1. The Balaban J connectivity index is 1.65. The van der Waals surface area contributed by atoms with Crippen LogP contribution in [0, 0.1) is 0 Å². The van der Waals surface area contributed by atoms with Gasteiger partial charge in [-0.1, -0.05) is 6.07 Å². The van der Waals surface area contributed by atoms with Crippen molar-refractivity contribution in [3.8, 4) is 11.5 Å². The maximum absolute atomic E-state index is 12.6. The van der Waals surface area contributed by atoms with E-state index < -0.39 is 0 Å². The van der Waals surface area contributed by atoms with E-state index in [2.05, 4.69) is 10.2 Å². The maximum Gasteiger partial charge on any atom is 0.227 e. The largest absolute Gasteiger partial charge is 0.493 e. The fraction of sp³-hybridized carbons (Fsp3) is 0.412. The lowest BCUT2D eigenvalue weighted by Gasteiger charge is -2.17. The van der Waals surface area contributed by atoms with Crippen LogP contribution in [0.25, 0.3) is 0 Å². The lowest BCUT2D eigenvalue weighted by atomic mass is 10.0. The summed E-state index contributed by atoms with van der Waals surface area (Å²) in [6, 6.07) is 5.55. The quantitative estimate of drug-likeness (QED) is 0.868. The zero-order chi connectivity index (χ0) is 17.1. The predicted octanol–water partition coefficient (Wildman–Crippen LogP) is 1.57. The molecule has 0 radical (unpaired) electrons. The zero-order valence-electron chi connectivity index (χ0n) is 13.9. The fourth-order valence-corrected chi connectivity index (χ4v) is 3.13. The Labute approximate surface area is 140 Å². The van der Waals surface area contributed by atoms with Gasteiger partial charge in [-0.2, -0.15) is 5.10 Å². The summed E-state index contributed by atoms with van der Waals surface area (Å²) in [7, 11) is 3.18. The van der Waals surface area contributed by atoms with Crippen LogP contribution in [0.4, 0.5) is 5.69 Å². The first-order chi connectivity index (χ1) is 11.6. The average Bonchev–Trinajstić information content (AvgIpc) is 3.23. The molecule has 7 heteroatoms. The van der Waals surface area contributed by atoms with Crippen molar-refractivity contribution in [3.05, 3.63) is 35.7 Å². The Bertz CT molecular complexity index is 728. The van der Waals surface area contributed by atoms with E-state index in [-0.39, 0.29) is 11.8 Å². The minimum atomic E-state index is 0.0998. The van der Waals surface area contributed by atoms with Gasteiger partial charge < -0.3 is 20.1 Å². The Morgan fingerprint density at radius 3 is 2.83 bits per heavy atom. The van der Waals surface area contributed by atoms with Gasteiger partial charge in [0.05, 0.1) is 38.2 Å². The number of likely N-dealkylation sites (tertiary alicyclic amines) is 1. The van der Waals surface area contributed by atoms with Crippen molar-refractivity contribution in [3.63, 3.8) is 0 Å². The number of carbonyl (C=O) groups excluding carboxylic acids is 1. The summed E-state index contributed by atoms with van der Waals surface area (Å²) in [5.41, 5.74) is 8.40. The number of aromatic nitrogens is 2. The van der Waals surface area contributed by atoms with E-state index in [1.807, 2.05) is 23.1 Å². The van der Waals surface area contributed by atoms with Crippen LogP contribution >= 0.6 is 0 Å². The summed E-state index contributed by atoms with van der Waals surface area (Å²) in [6.45, 7) is 1.40. The third-order valence-corrected chi connectivity index (χ3v) is 4.45. The highest BCUT2D eigenvalue weighted by atomic mass is 16.5. The smallest absolute Gasteiger partial charge is 0.227 e. The van der Waals surface area contributed by atoms with E-state index in [1.165, 1.54) is 0 Å². The van der Waals surface area contributed by atoms with Crippen LogP contribution in [0.3, 0.4) is 0 Å². The third kappa shape index (κ3) is 3.15. The van der Waals surface area contributed by atoms with Crippen molar-refractivity contribution in [1.82, 2.24) is 15.1 Å². The van der Waals surface area contributed by atoms with Crippen LogP contribution in [-0.2, 0) is 11.2 Å². The molecular formula is C17H22N4O3. The van der Waals surface area contributed by atoms with Crippen LogP contribution in [0.5, 0.6) is 11.5 Å². The third-order valence-electron chi connectivity index (χ3n) is 4.45. The summed E-state index contributed by atoms with van der Waals surface area (Å²) < 4.78 is 10.5. The van der Waals surface area contributed by atoms with Gasteiger partial charge in [-0.05, 0) is 24.1 Å². The summed E-state index contributed by atoms with van der Waals surface area (Å²) in [6.07, 6.45) is 2.85. The maximum atomic E-state index is 12.6. The van der Waals surface area contributed by atoms with Crippen molar-refractivity contribution in [1.29, 1.82) is 0 Å². The molecule has 2 aromatic rings. The van der Waals surface area contributed by atoms with E-state index in [0.717, 1.165) is 24.2 Å². The first kappa shape index (κ1) is 16.2. The van der Waals surface area contributed by atoms with E-state index in [0.29, 0.717) is 30.2 Å². The van der Waals surface area contributed by atoms with Crippen molar-refractivity contribution in [2.45, 2.75) is 18.8 Å². The molecule has 1 amide bonds. The van der Waals surface area contributed by atoms with Crippen LogP contribution < -0.4 is 15.2 Å². The minimum Gasteiger partial charge on any atom is -0.493 e. The molecule has 24 heavy (non-hydrogen) atoms. The van der Waals surface area contributed by atoms with Gasteiger partial charge in [0.1, 0.15) is 0 Å². The molecule has 1 atom stereocenters. The zero-order valence-corrected chi connectivity index (χ0v) is 13.9. The molecule has 128 valence electrons. The number of anilines is 1. The van der Waals surface area contributed by atoms with Gasteiger partial charge in [0.2, 0.25) is 5.91 Å². The molecule has 3 N–H and O–H groups in total. The molecule has 1 saturated heterocycles. The standard InChI is InChI=1S/C17H22N4O3/c1-23-14-4-3-11(7-15(14)24-2)8-16(22)21-6-5-12(10-21)17-13(18)9-19-20-17/h3-4,7,9,12H,5-6,8,10,18H2,1-2H3,(H,19,20). The molecule has 1 aliphatic rings. The molecule has 1 aromatic carbocycles. The van der Waals surface area contributed by atoms with Crippen LogP contribution in [0.15, 0.2) is 24.4 Å². The van der Waals surface area contributed by atoms with Gasteiger partial charge in [0.15, 0.2) is 11.5 Å². The molecule has 2 heterocycles. The number of hydrogen-bond acceptors (Lipinski definition) is 5. The highest BCUT2D eigenvalue weighted by molar-refractivity contribution is 5.79. The van der Waals surface area contributed by atoms with E-state index in [4.69, 9.17) is 15.2 Å². The number of nitrogens with two attached hydrogens (primary N) is 1. The number of benzene rings is 1. The average molecular weight is 330 g/mol. The first-order valence-corrected chi connectivity index (χ1v) is 7.89. The van der Waals surface area contributed by atoms with Crippen molar-refractivity contribution < 1.29 is 14.3 Å². The molecule has 0 aliphatic carbocycles. The van der Waals surface area contributed by atoms with Crippen molar-refractivity contribution in [2.75, 3.05) is 33.0 Å². The summed E-state index contributed by atoms with van der Waals surface area (Å²) >= 11 is 0. The molecule has 1 fully saturated rings. The Hall–Kier alpha value is -2.70. The number of nitrogen functional groups attached to an aromatic ring is 1. The minimum absolute atomic E-state index is 0.0998. The van der Waals surface area contributed by atoms with Gasteiger partial charge in [0, 0.05) is 19.0 Å². The monoisotopic (exact) mass is 330 g/mol. The highest BCUT2D eigenvalue weighted by Gasteiger charge is 2.29. The molecule has 3 rings (SSSR count). The second-order valence-electron chi connectivity index (χ2n) is 5.93. The number of carbonyl (C=O) groups is 1. The summed E-state index contributed by atoms with van der Waals surface area (Å²) in [5, 5.41) is 6.90. The number of rotatable bonds is 5. The molecule has 1 aliphatic heterocycles. The molecular weight excluding hydrogens is 308 g/mol. The predicted molar refractivity (Wildman–Crippen MR) is 90.2 cm³/mol. The van der Waals surface area contributed by atoms with Crippen molar-refractivity contribution >= 4 is 11.6 Å². The van der Waals surface area contributed by atoms with Crippen LogP contribution in [0.2, 0.25) is 0 Å². The number of nitrogens with zero attached hydrogens (tertiary/aromatic N) is 2. The molecule has 0 spiro atoms. The number of H-pyrrole nitrogens is 1. The van der Waals surface area contributed by atoms with E-state index >= 15 is 0 Å². The Kier molecular flexibility index (Phi) is 4.59. The topological polar surface area (TPSA) is 93.5 Å². The lowest BCUT2D eigenvalue weighted by molar-refractivity contribution is -0.129. The fourth-order valence-electron chi connectivity index (χ4n) is 3.13. The molecule has 0 saturated carbocycles. The van der Waals surface area contributed by atoms with E-state index in [1.54, 1.807) is 20.4 Å². The van der Waals surface area contributed by atoms with Crippen LogP contribution in [0.1, 0.15) is 23.6 Å². The second-order valence-corrected chi connectivity index (χ2v) is 5.93. The number of nitrogens with one attached hydrogen (secondary N) is 1. The van der Waals surface area contributed by atoms with Crippen LogP contribution in [-0.4, -0.2) is 48.3 Å². The highest BCUT2D eigenvalue weighted by Crippen LogP contribution is 2.30. The van der Waals surface area contributed by atoms with Crippen molar-refractivity contribution in [2.24, 2.45) is 0 Å². The molecule has 7 nitrogen and oxygen atoms in total. The number of hydrogen-bond donors (Lipinski definition) is 2. The number of amides is 1. The van der Waals surface area contributed by atoms with Gasteiger partial charge >= 0.3 is 0 Å². The van der Waals surface area contributed by atoms with Gasteiger partial charge in [-0.25, -0.2) is 0 Å². The number of methoxy groups -OCH3 is 2. The molecule has 1 aromatic heterocycles. The number of ether oxygens (including phenoxy) is 2. The van der Waals surface area contributed by atoms with Gasteiger partial charge in [0.25, 0.3) is 0 Å². The molecule has 1 unspecified atom stereocenters. The summed E-state index contributed by atoms with van der Waals surface area (Å²) in [4.78, 5) is 14.4. The summed E-state index contributed by atoms with van der Waals surface area (Å²) in [5.74, 6) is 1.61. The van der Waals surface area contributed by atoms with Gasteiger partial charge in [-0.3, -0.25) is 9.89 Å². The van der Waals surface area contributed by atoms with E-state index in [9.17, 15) is 4.79 Å². The Morgan fingerprint density at radius 1 is 1.38 bits per heavy atom.